The standard InChI is InChI=1S/C21H26F4N4O3/c1-9(19(31)28-8-21(23,24)25)12-6-14(22)15(7-13(12)18(27)30)29-20(32)17(26)16(10-2-3-10)11-4-5-11/h6-7,9-11,16-17H,2-5,8,26H2,1H3,(H2,27,30)(H,28,31)(H,29,32)/t9?,17-/m0/s1. The molecule has 2 fully saturated rings. The molecule has 0 heterocycles. The van der Waals surface area contributed by atoms with Gasteiger partial charge in [0.15, 0.2) is 0 Å². The van der Waals surface area contributed by atoms with E-state index in [1.165, 1.54) is 6.92 Å². The summed E-state index contributed by atoms with van der Waals surface area (Å²) in [5, 5.41) is 4.08. The third-order valence-corrected chi connectivity index (χ3v) is 6.04. The van der Waals surface area contributed by atoms with Crippen LogP contribution in [0.15, 0.2) is 12.1 Å². The largest absolute Gasteiger partial charge is 0.405 e. The molecule has 2 saturated carbocycles. The molecule has 32 heavy (non-hydrogen) atoms. The second kappa shape index (κ2) is 9.05. The van der Waals surface area contributed by atoms with Crippen molar-refractivity contribution in [3.63, 3.8) is 0 Å². The van der Waals surface area contributed by atoms with Crippen molar-refractivity contribution in [2.75, 3.05) is 11.9 Å². The molecule has 176 valence electrons. The van der Waals surface area contributed by atoms with Crippen molar-refractivity contribution in [2.24, 2.45) is 29.2 Å². The predicted molar refractivity (Wildman–Crippen MR) is 108 cm³/mol. The zero-order valence-corrected chi connectivity index (χ0v) is 17.5. The lowest BCUT2D eigenvalue weighted by Crippen LogP contribution is -2.44. The van der Waals surface area contributed by atoms with Gasteiger partial charge in [-0.2, -0.15) is 13.2 Å². The smallest absolute Gasteiger partial charge is 0.366 e. The molecule has 1 aromatic rings. The summed E-state index contributed by atoms with van der Waals surface area (Å²) in [4.78, 5) is 36.6. The molecule has 0 spiro atoms. The number of anilines is 1. The molecule has 3 rings (SSSR count). The average molecular weight is 458 g/mol. The van der Waals surface area contributed by atoms with Crippen LogP contribution in [0.4, 0.5) is 23.2 Å². The van der Waals surface area contributed by atoms with Gasteiger partial charge < -0.3 is 22.1 Å². The van der Waals surface area contributed by atoms with Crippen LogP contribution in [-0.4, -0.2) is 36.5 Å². The van der Waals surface area contributed by atoms with Crippen LogP contribution in [0.1, 0.15) is 54.4 Å². The van der Waals surface area contributed by atoms with E-state index in [4.69, 9.17) is 11.5 Å². The fraction of sp³-hybridized carbons (Fsp3) is 0.571. The first-order chi connectivity index (χ1) is 14.9. The number of carbonyl (C=O) groups is 3. The summed E-state index contributed by atoms with van der Waals surface area (Å²) in [6.45, 7) is -0.350. The van der Waals surface area contributed by atoms with Crippen LogP contribution >= 0.6 is 0 Å². The van der Waals surface area contributed by atoms with E-state index in [1.807, 2.05) is 0 Å². The van der Waals surface area contributed by atoms with Crippen molar-refractivity contribution >= 4 is 23.4 Å². The van der Waals surface area contributed by atoms with Gasteiger partial charge in [0.1, 0.15) is 12.4 Å². The van der Waals surface area contributed by atoms with Crippen LogP contribution < -0.4 is 22.1 Å². The van der Waals surface area contributed by atoms with Gasteiger partial charge in [-0.25, -0.2) is 4.39 Å². The maximum atomic E-state index is 14.7. The van der Waals surface area contributed by atoms with Crippen molar-refractivity contribution < 1.29 is 31.9 Å². The van der Waals surface area contributed by atoms with Gasteiger partial charge in [0, 0.05) is 5.56 Å². The third kappa shape index (κ3) is 5.76. The Morgan fingerprint density at radius 3 is 2.12 bits per heavy atom. The fourth-order valence-corrected chi connectivity index (χ4v) is 4.06. The van der Waals surface area contributed by atoms with E-state index in [9.17, 15) is 31.9 Å². The molecule has 1 unspecified atom stereocenters. The number of alkyl halides is 3. The summed E-state index contributed by atoms with van der Waals surface area (Å²) in [6.07, 6.45) is -0.605. The van der Waals surface area contributed by atoms with Crippen LogP contribution in [0.2, 0.25) is 0 Å². The first kappa shape index (κ1) is 24.0. The van der Waals surface area contributed by atoms with Gasteiger partial charge in [0.25, 0.3) is 0 Å². The van der Waals surface area contributed by atoms with E-state index in [1.54, 1.807) is 5.32 Å². The average Bonchev–Trinajstić information content (AvgIpc) is 3.61. The zero-order valence-electron chi connectivity index (χ0n) is 17.5. The number of nitrogens with two attached hydrogens (primary N) is 2. The van der Waals surface area contributed by atoms with Crippen molar-refractivity contribution in [1.29, 1.82) is 0 Å². The Kier molecular flexibility index (Phi) is 6.77. The van der Waals surface area contributed by atoms with Crippen molar-refractivity contribution in [2.45, 2.75) is 50.7 Å². The quantitative estimate of drug-likeness (QED) is 0.424. The minimum absolute atomic E-state index is 0.0188. The SMILES string of the molecule is CC(C(=O)NCC(F)(F)F)c1cc(F)c(NC(=O)[C@@H](N)C(C2CC2)C2CC2)cc1C(N)=O. The Labute approximate surface area is 182 Å². The molecule has 7 nitrogen and oxygen atoms in total. The summed E-state index contributed by atoms with van der Waals surface area (Å²) >= 11 is 0. The molecule has 0 saturated heterocycles. The summed E-state index contributed by atoms with van der Waals surface area (Å²) in [6, 6.07) is 0.963. The van der Waals surface area contributed by atoms with E-state index in [2.05, 4.69) is 5.32 Å². The molecule has 0 aliphatic heterocycles. The molecule has 6 N–H and O–H groups in total. The van der Waals surface area contributed by atoms with Crippen molar-refractivity contribution in [3.8, 4) is 0 Å². The monoisotopic (exact) mass is 458 g/mol. The van der Waals surface area contributed by atoms with E-state index in [0.717, 1.165) is 37.8 Å². The van der Waals surface area contributed by atoms with Gasteiger partial charge in [-0.1, -0.05) is 0 Å². The zero-order chi connectivity index (χ0) is 23.8. The predicted octanol–water partition coefficient (Wildman–Crippen LogP) is 2.41. The third-order valence-electron chi connectivity index (χ3n) is 6.04. The molecule has 2 aliphatic carbocycles. The summed E-state index contributed by atoms with van der Waals surface area (Å²) in [5.41, 5.74) is 10.7. The summed E-state index contributed by atoms with van der Waals surface area (Å²) in [7, 11) is 0. The number of carbonyl (C=O) groups excluding carboxylic acids is 3. The van der Waals surface area contributed by atoms with Gasteiger partial charge in [0.05, 0.1) is 17.6 Å². The van der Waals surface area contributed by atoms with Gasteiger partial charge in [0.2, 0.25) is 17.7 Å². The topological polar surface area (TPSA) is 127 Å². The van der Waals surface area contributed by atoms with E-state index >= 15 is 0 Å². The Bertz CT molecular complexity index is 901. The number of nitrogens with one attached hydrogen (secondary N) is 2. The summed E-state index contributed by atoms with van der Waals surface area (Å²) in [5.74, 6) is -4.15. The molecule has 0 radical (unpaired) electrons. The highest BCUT2D eigenvalue weighted by Gasteiger charge is 2.46. The molecule has 0 bridgehead atoms. The number of halogens is 4. The second-order valence-electron chi connectivity index (χ2n) is 8.61. The first-order valence-electron chi connectivity index (χ1n) is 10.4. The maximum absolute atomic E-state index is 14.7. The fourth-order valence-electron chi connectivity index (χ4n) is 4.06. The highest BCUT2D eigenvalue weighted by atomic mass is 19.4. The number of primary amides is 1. The lowest BCUT2D eigenvalue weighted by Gasteiger charge is -2.23. The lowest BCUT2D eigenvalue weighted by molar-refractivity contribution is -0.139. The number of hydrogen-bond acceptors (Lipinski definition) is 4. The molecular weight excluding hydrogens is 432 g/mol. The van der Waals surface area contributed by atoms with Gasteiger partial charge in [-0.15, -0.1) is 0 Å². The Morgan fingerprint density at radius 1 is 1.09 bits per heavy atom. The minimum Gasteiger partial charge on any atom is -0.366 e. The molecule has 2 aliphatic rings. The van der Waals surface area contributed by atoms with E-state index in [-0.39, 0.29) is 22.7 Å². The Balaban J connectivity index is 1.78. The number of hydrogen-bond donors (Lipinski definition) is 4. The molecule has 11 heteroatoms. The highest BCUT2D eigenvalue weighted by Crippen LogP contribution is 2.50. The second-order valence-corrected chi connectivity index (χ2v) is 8.61. The molecule has 3 amide bonds. The van der Waals surface area contributed by atoms with Crippen LogP contribution in [0, 0.1) is 23.6 Å². The molecular formula is C21H26F4N4O3. The molecule has 2 atom stereocenters. The summed E-state index contributed by atoms with van der Waals surface area (Å²) < 4.78 is 51.8. The molecule has 0 aromatic heterocycles. The number of amides is 3. The Hall–Kier alpha value is -2.69. The number of rotatable bonds is 9. The van der Waals surface area contributed by atoms with Crippen molar-refractivity contribution in [3.05, 3.63) is 29.1 Å². The van der Waals surface area contributed by atoms with E-state index in [0.29, 0.717) is 11.8 Å². The van der Waals surface area contributed by atoms with Gasteiger partial charge >= 0.3 is 6.18 Å². The number of benzene rings is 1. The van der Waals surface area contributed by atoms with Crippen LogP contribution in [0.3, 0.4) is 0 Å². The Morgan fingerprint density at radius 2 is 1.66 bits per heavy atom. The minimum atomic E-state index is -4.63. The van der Waals surface area contributed by atoms with Crippen LogP contribution in [0.25, 0.3) is 0 Å². The maximum Gasteiger partial charge on any atom is 0.405 e. The van der Waals surface area contributed by atoms with Crippen molar-refractivity contribution in [1.82, 2.24) is 5.32 Å². The first-order valence-corrected chi connectivity index (χ1v) is 10.4. The molecule has 1 aromatic carbocycles. The van der Waals surface area contributed by atoms with Gasteiger partial charge in [-0.3, -0.25) is 14.4 Å². The van der Waals surface area contributed by atoms with Crippen LogP contribution in [0.5, 0.6) is 0 Å². The van der Waals surface area contributed by atoms with E-state index < -0.39 is 48.2 Å². The lowest BCUT2D eigenvalue weighted by atomic mass is 9.89. The van der Waals surface area contributed by atoms with Crippen LogP contribution in [-0.2, 0) is 9.59 Å². The van der Waals surface area contributed by atoms with Gasteiger partial charge in [-0.05, 0) is 68.1 Å². The normalized spacial score (nSPS) is 18.2. The highest BCUT2D eigenvalue weighted by molar-refractivity contribution is 6.00.